The number of amides is 2. The lowest BCUT2D eigenvalue weighted by Crippen LogP contribution is -2.62. The topological polar surface area (TPSA) is 69.6 Å². The van der Waals surface area contributed by atoms with E-state index in [1.807, 2.05) is 53.7 Å². The SMILES string of the molecule is CC.CC.CC.O=C1CCC(c2ccc(N3CC4(CC(CO)C4)C3)cc2)C(=O)N1. The maximum atomic E-state index is 11.9. The van der Waals surface area contributed by atoms with Gasteiger partial charge >= 0.3 is 0 Å². The number of rotatable bonds is 3. The number of aliphatic hydroxyl groups is 1. The molecule has 4 rings (SSSR count). The molecule has 2 N–H and O–H groups in total. The summed E-state index contributed by atoms with van der Waals surface area (Å²) in [5, 5.41) is 11.6. The second kappa shape index (κ2) is 12.0. The molecule has 3 fully saturated rings. The molecule has 2 heterocycles. The van der Waals surface area contributed by atoms with Gasteiger partial charge in [-0.1, -0.05) is 53.7 Å². The van der Waals surface area contributed by atoms with Gasteiger partial charge in [0.05, 0.1) is 5.92 Å². The number of carbonyl (C=O) groups excluding carboxylic acids is 2. The quantitative estimate of drug-likeness (QED) is 0.728. The highest BCUT2D eigenvalue weighted by Gasteiger charge is 2.51. The number of nitrogens with one attached hydrogen (secondary N) is 1. The predicted molar refractivity (Wildman–Crippen MR) is 120 cm³/mol. The first-order chi connectivity index (χ1) is 14.1. The number of carbonyl (C=O) groups is 2. The van der Waals surface area contributed by atoms with Gasteiger partial charge in [0, 0.05) is 37.2 Å². The normalized spacial score (nSPS) is 21.8. The van der Waals surface area contributed by atoms with Crippen LogP contribution in [-0.4, -0.2) is 36.6 Å². The molecule has 1 aliphatic carbocycles. The lowest BCUT2D eigenvalue weighted by molar-refractivity contribution is -0.134. The van der Waals surface area contributed by atoms with E-state index in [0.717, 1.165) is 31.5 Å². The summed E-state index contributed by atoms with van der Waals surface area (Å²) >= 11 is 0. The van der Waals surface area contributed by atoms with E-state index in [0.29, 0.717) is 30.8 Å². The van der Waals surface area contributed by atoms with Gasteiger partial charge in [-0.25, -0.2) is 0 Å². The van der Waals surface area contributed by atoms with Crippen molar-refractivity contribution in [3.8, 4) is 0 Å². The van der Waals surface area contributed by atoms with E-state index in [4.69, 9.17) is 5.11 Å². The molecule has 164 valence electrons. The molecular weight excluding hydrogens is 364 g/mol. The highest BCUT2D eigenvalue weighted by Crippen LogP contribution is 2.52. The molecule has 0 bridgehead atoms. The Morgan fingerprint density at radius 2 is 1.55 bits per heavy atom. The van der Waals surface area contributed by atoms with Crippen LogP contribution in [0.1, 0.15) is 78.7 Å². The zero-order chi connectivity index (χ0) is 22.0. The van der Waals surface area contributed by atoms with Gasteiger partial charge in [-0.3, -0.25) is 14.9 Å². The molecule has 1 aromatic carbocycles. The van der Waals surface area contributed by atoms with Gasteiger partial charge < -0.3 is 10.0 Å². The Labute approximate surface area is 176 Å². The average molecular weight is 405 g/mol. The average Bonchev–Trinajstić information content (AvgIpc) is 2.71. The third-order valence-electron chi connectivity index (χ3n) is 5.65. The summed E-state index contributed by atoms with van der Waals surface area (Å²) in [5.74, 6) is -0.0506. The first-order valence-corrected chi connectivity index (χ1v) is 11.4. The zero-order valence-electron chi connectivity index (χ0n) is 19.1. The minimum Gasteiger partial charge on any atom is -0.396 e. The number of hydrogen-bond acceptors (Lipinski definition) is 4. The molecule has 1 unspecified atom stereocenters. The van der Waals surface area contributed by atoms with Gasteiger partial charge in [0.25, 0.3) is 0 Å². The molecule has 1 atom stereocenters. The highest BCUT2D eigenvalue weighted by molar-refractivity contribution is 6.00. The van der Waals surface area contributed by atoms with Crippen LogP contribution >= 0.6 is 0 Å². The van der Waals surface area contributed by atoms with Gasteiger partial charge in [-0.15, -0.1) is 0 Å². The van der Waals surface area contributed by atoms with Crippen molar-refractivity contribution >= 4 is 17.5 Å². The van der Waals surface area contributed by atoms with Crippen LogP contribution in [0, 0.1) is 11.3 Å². The first-order valence-electron chi connectivity index (χ1n) is 11.4. The second-order valence-electron chi connectivity index (χ2n) is 7.41. The second-order valence-corrected chi connectivity index (χ2v) is 7.41. The van der Waals surface area contributed by atoms with Crippen molar-refractivity contribution in [2.24, 2.45) is 11.3 Å². The number of hydrogen-bond donors (Lipinski definition) is 2. The van der Waals surface area contributed by atoms with E-state index in [9.17, 15) is 9.59 Å². The number of nitrogens with zero attached hydrogens (tertiary/aromatic N) is 1. The molecule has 2 aliphatic heterocycles. The molecule has 5 nitrogen and oxygen atoms in total. The number of aliphatic hydroxyl groups excluding tert-OH is 1. The summed E-state index contributed by atoms with van der Waals surface area (Å²) in [6.07, 6.45) is 3.31. The highest BCUT2D eigenvalue weighted by atomic mass is 16.3. The standard InChI is InChI=1S/C18H22N2O3.3C2H6/c21-9-12-7-18(8-12)10-20(11-18)14-3-1-13(2-4-14)15-5-6-16(22)19-17(15)23;3*1-2/h1-4,12,15,21H,5-11H2,(H,19,22,23);3*1-2H3. The van der Waals surface area contributed by atoms with E-state index in [1.165, 1.54) is 5.69 Å². The fraction of sp³-hybridized carbons (Fsp3) is 0.667. The molecule has 1 aromatic rings. The van der Waals surface area contributed by atoms with Gasteiger partial charge in [0.1, 0.15) is 0 Å². The maximum absolute atomic E-state index is 11.9. The van der Waals surface area contributed by atoms with Crippen LogP contribution in [-0.2, 0) is 9.59 Å². The van der Waals surface area contributed by atoms with Crippen molar-refractivity contribution in [2.75, 3.05) is 24.6 Å². The Morgan fingerprint density at radius 3 is 2.03 bits per heavy atom. The Kier molecular flexibility index (Phi) is 10.4. The lowest BCUT2D eigenvalue weighted by atomic mass is 9.58. The fourth-order valence-corrected chi connectivity index (χ4v) is 4.43. The van der Waals surface area contributed by atoms with Crippen LogP contribution < -0.4 is 10.2 Å². The van der Waals surface area contributed by atoms with Crippen LogP contribution in [0.2, 0.25) is 0 Å². The van der Waals surface area contributed by atoms with Crippen molar-refractivity contribution in [2.45, 2.75) is 73.1 Å². The molecule has 0 aromatic heterocycles. The summed E-state index contributed by atoms with van der Waals surface area (Å²) in [5.41, 5.74) is 2.62. The minimum atomic E-state index is -0.207. The molecule has 5 heteroatoms. The molecule has 2 saturated heterocycles. The Hall–Kier alpha value is -1.88. The monoisotopic (exact) mass is 404 g/mol. The van der Waals surface area contributed by atoms with E-state index < -0.39 is 0 Å². The summed E-state index contributed by atoms with van der Waals surface area (Å²) < 4.78 is 0. The third-order valence-corrected chi connectivity index (χ3v) is 5.65. The Bertz CT molecular complexity index is 628. The molecule has 1 spiro atoms. The largest absolute Gasteiger partial charge is 0.396 e. The third kappa shape index (κ3) is 5.81. The first kappa shape index (κ1) is 25.2. The van der Waals surface area contributed by atoms with Crippen molar-refractivity contribution in [3.63, 3.8) is 0 Å². The van der Waals surface area contributed by atoms with Gasteiger partial charge in [0.2, 0.25) is 11.8 Å². The Balaban J connectivity index is 0.000000644. The molecule has 1 saturated carbocycles. The van der Waals surface area contributed by atoms with Crippen molar-refractivity contribution in [1.29, 1.82) is 0 Å². The summed E-state index contributed by atoms with van der Waals surface area (Å²) in [7, 11) is 0. The fourth-order valence-electron chi connectivity index (χ4n) is 4.43. The number of benzene rings is 1. The Morgan fingerprint density at radius 1 is 1.00 bits per heavy atom. The number of imide groups is 1. The van der Waals surface area contributed by atoms with Crippen molar-refractivity contribution < 1.29 is 14.7 Å². The van der Waals surface area contributed by atoms with Crippen molar-refractivity contribution in [3.05, 3.63) is 29.8 Å². The molecule has 29 heavy (non-hydrogen) atoms. The van der Waals surface area contributed by atoms with Crippen LogP contribution in [0.5, 0.6) is 0 Å². The smallest absolute Gasteiger partial charge is 0.234 e. The number of anilines is 1. The van der Waals surface area contributed by atoms with Crippen LogP contribution in [0.15, 0.2) is 24.3 Å². The van der Waals surface area contributed by atoms with Gasteiger partial charge in [-0.2, -0.15) is 0 Å². The van der Waals surface area contributed by atoms with Gasteiger partial charge in [-0.05, 0) is 42.9 Å². The van der Waals surface area contributed by atoms with E-state index in [2.05, 4.69) is 22.3 Å². The van der Waals surface area contributed by atoms with Crippen LogP contribution in [0.4, 0.5) is 5.69 Å². The summed E-state index contributed by atoms with van der Waals surface area (Å²) in [4.78, 5) is 25.5. The van der Waals surface area contributed by atoms with E-state index in [-0.39, 0.29) is 17.7 Å². The molecule has 0 radical (unpaired) electrons. The van der Waals surface area contributed by atoms with Gasteiger partial charge in [0.15, 0.2) is 0 Å². The predicted octanol–water partition coefficient (Wildman–Crippen LogP) is 4.49. The summed E-state index contributed by atoms with van der Waals surface area (Å²) in [6.45, 7) is 14.5. The maximum Gasteiger partial charge on any atom is 0.234 e. The van der Waals surface area contributed by atoms with Crippen LogP contribution in [0.25, 0.3) is 0 Å². The minimum absolute atomic E-state index is 0.171. The molecule has 2 amide bonds. The molecule has 3 aliphatic rings. The van der Waals surface area contributed by atoms with Crippen molar-refractivity contribution in [1.82, 2.24) is 5.32 Å². The summed E-state index contributed by atoms with van der Waals surface area (Å²) in [6, 6.07) is 8.18. The van der Waals surface area contributed by atoms with E-state index in [1.54, 1.807) is 0 Å². The van der Waals surface area contributed by atoms with Crippen LogP contribution in [0.3, 0.4) is 0 Å². The van der Waals surface area contributed by atoms with E-state index >= 15 is 0 Å². The zero-order valence-corrected chi connectivity index (χ0v) is 19.1. The number of piperidine rings is 1. The molecular formula is C24H40N2O3. The lowest BCUT2D eigenvalue weighted by Gasteiger charge is -2.59.